The van der Waals surface area contributed by atoms with E-state index in [0.717, 1.165) is 48.4 Å². The summed E-state index contributed by atoms with van der Waals surface area (Å²) in [6.45, 7) is 4.22. The Labute approximate surface area is 190 Å². The molecule has 0 unspecified atom stereocenters. The summed E-state index contributed by atoms with van der Waals surface area (Å²) in [7, 11) is 7.25. The fourth-order valence-electron chi connectivity index (χ4n) is 2.68. The fraction of sp³-hybridized carbons (Fsp3) is 0.429. The minimum Gasteiger partial charge on any atom is -0.493 e. The summed E-state index contributed by atoms with van der Waals surface area (Å²) in [4.78, 5) is 11.0. The molecule has 2 aromatic rings. The Balaban J connectivity index is 0.00000420. The smallest absolute Gasteiger partial charge is 0.191 e. The number of hydrogen-bond acceptors (Lipinski definition) is 5. The molecule has 160 valence electrons. The largest absolute Gasteiger partial charge is 0.493 e. The molecular formula is C21H32IN5O2. The minimum absolute atomic E-state index is 0. The molecule has 0 saturated carbocycles. The number of rotatable bonds is 9. The molecule has 0 aliphatic carbocycles. The number of pyridine rings is 1. The number of hydrogen-bond donors (Lipinski definition) is 2. The van der Waals surface area contributed by atoms with Crippen LogP contribution in [0.2, 0.25) is 0 Å². The zero-order valence-electron chi connectivity index (χ0n) is 17.9. The van der Waals surface area contributed by atoms with Gasteiger partial charge < -0.3 is 25.0 Å². The van der Waals surface area contributed by atoms with Gasteiger partial charge in [-0.25, -0.2) is 9.98 Å². The molecule has 1 aromatic heterocycles. The van der Waals surface area contributed by atoms with Crippen LogP contribution in [0.4, 0.5) is 5.82 Å². The predicted octanol–water partition coefficient (Wildman–Crippen LogP) is 3.08. The van der Waals surface area contributed by atoms with E-state index in [1.807, 2.05) is 49.5 Å². The Bertz CT molecular complexity index is 783. The maximum absolute atomic E-state index is 5.37. The molecule has 0 fully saturated rings. The Morgan fingerprint density at radius 3 is 2.45 bits per heavy atom. The van der Waals surface area contributed by atoms with Crippen LogP contribution in [-0.2, 0) is 13.0 Å². The molecule has 0 amide bonds. The van der Waals surface area contributed by atoms with Crippen LogP contribution in [0.15, 0.2) is 41.5 Å². The van der Waals surface area contributed by atoms with Crippen LogP contribution in [0.25, 0.3) is 0 Å². The van der Waals surface area contributed by atoms with Crippen molar-refractivity contribution in [1.82, 2.24) is 15.6 Å². The van der Waals surface area contributed by atoms with Crippen LogP contribution in [0.3, 0.4) is 0 Å². The van der Waals surface area contributed by atoms with Crippen LogP contribution >= 0.6 is 24.0 Å². The van der Waals surface area contributed by atoms with E-state index in [9.17, 15) is 0 Å². The van der Waals surface area contributed by atoms with E-state index >= 15 is 0 Å². The van der Waals surface area contributed by atoms with E-state index in [-0.39, 0.29) is 24.0 Å². The van der Waals surface area contributed by atoms with Gasteiger partial charge in [-0.15, -0.1) is 24.0 Å². The van der Waals surface area contributed by atoms with Gasteiger partial charge >= 0.3 is 0 Å². The number of benzene rings is 1. The average molecular weight is 513 g/mol. The van der Waals surface area contributed by atoms with E-state index < -0.39 is 0 Å². The van der Waals surface area contributed by atoms with Crippen molar-refractivity contribution in [2.24, 2.45) is 4.99 Å². The zero-order valence-corrected chi connectivity index (χ0v) is 20.2. The first kappa shape index (κ1) is 24.8. The van der Waals surface area contributed by atoms with Gasteiger partial charge in [0.25, 0.3) is 0 Å². The van der Waals surface area contributed by atoms with E-state index in [1.165, 1.54) is 5.56 Å². The normalized spacial score (nSPS) is 10.7. The lowest BCUT2D eigenvalue weighted by molar-refractivity contribution is 0.354. The Morgan fingerprint density at radius 1 is 1.03 bits per heavy atom. The second-order valence-corrected chi connectivity index (χ2v) is 6.48. The molecule has 1 heterocycles. The Hall–Kier alpha value is -2.23. The van der Waals surface area contributed by atoms with Crippen LogP contribution in [-0.4, -0.2) is 52.3 Å². The van der Waals surface area contributed by atoms with Gasteiger partial charge in [-0.05, 0) is 48.7 Å². The Morgan fingerprint density at radius 2 is 1.79 bits per heavy atom. The molecule has 0 radical (unpaired) electrons. The minimum atomic E-state index is 0. The molecule has 1 aromatic carbocycles. The number of aromatic nitrogens is 1. The van der Waals surface area contributed by atoms with Crippen LogP contribution < -0.4 is 25.0 Å². The van der Waals surface area contributed by atoms with Crippen LogP contribution in [0.1, 0.15) is 18.1 Å². The van der Waals surface area contributed by atoms with Crippen LogP contribution in [0.5, 0.6) is 11.5 Å². The van der Waals surface area contributed by atoms with Gasteiger partial charge in [0.2, 0.25) is 0 Å². The van der Waals surface area contributed by atoms with Crippen molar-refractivity contribution in [1.29, 1.82) is 0 Å². The highest BCUT2D eigenvalue weighted by Crippen LogP contribution is 2.27. The number of ether oxygens (including phenoxy) is 2. The molecule has 2 N–H and O–H groups in total. The maximum atomic E-state index is 5.37. The number of methoxy groups -OCH3 is 2. The topological polar surface area (TPSA) is 71.0 Å². The fourth-order valence-corrected chi connectivity index (χ4v) is 2.68. The molecule has 0 aliphatic rings. The maximum Gasteiger partial charge on any atom is 0.191 e. The van der Waals surface area contributed by atoms with E-state index in [4.69, 9.17) is 9.47 Å². The van der Waals surface area contributed by atoms with Crippen molar-refractivity contribution in [2.75, 3.05) is 46.3 Å². The first-order valence-corrected chi connectivity index (χ1v) is 9.42. The molecule has 0 aliphatic heterocycles. The Kier molecular flexibility index (Phi) is 11.2. The summed E-state index contributed by atoms with van der Waals surface area (Å²) in [5, 5.41) is 6.67. The molecular weight excluding hydrogens is 481 g/mol. The van der Waals surface area contributed by atoms with Gasteiger partial charge in [-0.1, -0.05) is 6.07 Å². The lowest BCUT2D eigenvalue weighted by Gasteiger charge is -2.13. The second kappa shape index (κ2) is 13.1. The molecule has 7 nitrogen and oxygen atoms in total. The van der Waals surface area contributed by atoms with Crippen molar-refractivity contribution in [3.63, 3.8) is 0 Å². The monoisotopic (exact) mass is 513 g/mol. The summed E-state index contributed by atoms with van der Waals surface area (Å²) in [6, 6.07) is 10.0. The van der Waals surface area contributed by atoms with Crippen molar-refractivity contribution >= 4 is 35.8 Å². The molecule has 0 atom stereocenters. The zero-order chi connectivity index (χ0) is 20.4. The molecule has 29 heavy (non-hydrogen) atoms. The van der Waals surface area contributed by atoms with Crippen molar-refractivity contribution in [3.05, 3.63) is 47.7 Å². The highest BCUT2D eigenvalue weighted by atomic mass is 127. The lowest BCUT2D eigenvalue weighted by atomic mass is 10.1. The van der Waals surface area contributed by atoms with Gasteiger partial charge in [0.1, 0.15) is 5.82 Å². The molecule has 2 rings (SSSR count). The second-order valence-electron chi connectivity index (χ2n) is 6.48. The number of nitrogens with zero attached hydrogens (tertiary/aromatic N) is 3. The number of halogens is 1. The number of anilines is 1. The number of nitrogens with one attached hydrogen (secondary N) is 2. The van der Waals surface area contributed by atoms with E-state index in [1.54, 1.807) is 14.2 Å². The summed E-state index contributed by atoms with van der Waals surface area (Å²) in [5.41, 5.74) is 2.29. The molecule has 8 heteroatoms. The summed E-state index contributed by atoms with van der Waals surface area (Å²) in [6.07, 6.45) is 2.67. The lowest BCUT2D eigenvalue weighted by Crippen LogP contribution is -2.38. The quantitative estimate of drug-likeness (QED) is 0.305. The van der Waals surface area contributed by atoms with Gasteiger partial charge in [-0.3, -0.25) is 0 Å². The SMILES string of the molecule is CCNC(=NCc1ccnc(N(C)C)c1)NCCc1ccc(OC)c(OC)c1.I. The average Bonchev–Trinajstić information content (AvgIpc) is 2.72. The third kappa shape index (κ3) is 7.96. The molecule has 0 saturated heterocycles. The standard InChI is InChI=1S/C21H31N5O2.HI/c1-6-22-21(25-15-17-10-11-23-20(14-17)26(2)3)24-12-9-16-7-8-18(27-4)19(13-16)28-5;/h7-8,10-11,13-14H,6,9,12,15H2,1-5H3,(H2,22,24,25);1H. The first-order chi connectivity index (χ1) is 13.6. The van der Waals surface area contributed by atoms with Gasteiger partial charge in [0, 0.05) is 33.4 Å². The van der Waals surface area contributed by atoms with E-state index in [2.05, 4.69) is 33.6 Å². The van der Waals surface area contributed by atoms with Gasteiger partial charge in [0.05, 0.1) is 20.8 Å². The summed E-state index contributed by atoms with van der Waals surface area (Å²) in [5.74, 6) is 3.21. The highest BCUT2D eigenvalue weighted by molar-refractivity contribution is 14.0. The van der Waals surface area contributed by atoms with Crippen LogP contribution in [0, 0.1) is 0 Å². The van der Waals surface area contributed by atoms with Crippen molar-refractivity contribution < 1.29 is 9.47 Å². The molecule has 0 spiro atoms. The van der Waals surface area contributed by atoms with E-state index in [0.29, 0.717) is 6.54 Å². The number of guanidine groups is 1. The highest BCUT2D eigenvalue weighted by Gasteiger charge is 2.05. The third-order valence-electron chi connectivity index (χ3n) is 4.19. The summed E-state index contributed by atoms with van der Waals surface area (Å²) >= 11 is 0. The summed E-state index contributed by atoms with van der Waals surface area (Å²) < 4.78 is 10.7. The van der Waals surface area contributed by atoms with Gasteiger partial charge in [0.15, 0.2) is 17.5 Å². The van der Waals surface area contributed by atoms with Crippen molar-refractivity contribution in [3.8, 4) is 11.5 Å². The van der Waals surface area contributed by atoms with Crippen molar-refractivity contribution in [2.45, 2.75) is 19.9 Å². The van der Waals surface area contributed by atoms with Gasteiger partial charge in [-0.2, -0.15) is 0 Å². The predicted molar refractivity (Wildman–Crippen MR) is 130 cm³/mol. The molecule has 0 bridgehead atoms. The third-order valence-corrected chi connectivity index (χ3v) is 4.19. The first-order valence-electron chi connectivity index (χ1n) is 9.42. The number of aliphatic imine (C=N–C) groups is 1.